The van der Waals surface area contributed by atoms with Gasteiger partial charge in [0.2, 0.25) is 11.8 Å². The lowest BCUT2D eigenvalue weighted by molar-refractivity contribution is -0.156. The third-order valence-corrected chi connectivity index (χ3v) is 3.22. The Morgan fingerprint density at radius 2 is 1.67 bits per heavy atom. The fourth-order valence-corrected chi connectivity index (χ4v) is 2.15. The first-order valence-corrected chi connectivity index (χ1v) is 7.42. The number of amides is 2. The highest BCUT2D eigenvalue weighted by atomic mass is 16.6. The second-order valence-corrected chi connectivity index (χ2v) is 6.42. The van der Waals surface area contributed by atoms with Crippen LogP contribution >= 0.6 is 0 Å². The summed E-state index contributed by atoms with van der Waals surface area (Å²) in [6, 6.07) is 0. The maximum Gasteiger partial charge on any atom is 0.306 e. The fraction of sp³-hybridized carbons (Fsp3) is 0.800. The molecule has 0 unspecified atom stereocenters. The van der Waals surface area contributed by atoms with E-state index in [2.05, 4.69) is 0 Å². The molecule has 1 heterocycles. The molecule has 120 valence electrons. The molecule has 6 nitrogen and oxygen atoms in total. The Morgan fingerprint density at radius 3 is 2.19 bits per heavy atom. The van der Waals surface area contributed by atoms with Gasteiger partial charge in [-0.1, -0.05) is 0 Å². The van der Waals surface area contributed by atoms with Gasteiger partial charge in [-0.3, -0.25) is 14.4 Å². The van der Waals surface area contributed by atoms with Gasteiger partial charge < -0.3 is 14.5 Å². The summed E-state index contributed by atoms with van der Waals surface area (Å²) in [5.41, 5.74) is -0.544. The molecule has 1 fully saturated rings. The summed E-state index contributed by atoms with van der Waals surface area (Å²) >= 11 is 0. The molecular weight excluding hydrogens is 272 g/mol. The van der Waals surface area contributed by atoms with E-state index < -0.39 is 11.6 Å². The average Bonchev–Trinajstić information content (AvgIpc) is 2.87. The first kappa shape index (κ1) is 17.5. The zero-order valence-corrected chi connectivity index (χ0v) is 13.5. The molecule has 1 aliphatic rings. The summed E-state index contributed by atoms with van der Waals surface area (Å²) < 4.78 is 5.15. The van der Waals surface area contributed by atoms with Gasteiger partial charge in [0.15, 0.2) is 0 Å². The summed E-state index contributed by atoms with van der Waals surface area (Å²) in [6.45, 7) is 6.99. The number of hydrogen-bond donors (Lipinski definition) is 0. The van der Waals surface area contributed by atoms with Gasteiger partial charge in [0.05, 0.1) is 13.0 Å². The van der Waals surface area contributed by atoms with Crippen LogP contribution in [0.4, 0.5) is 0 Å². The monoisotopic (exact) mass is 298 g/mol. The van der Waals surface area contributed by atoms with Gasteiger partial charge in [0.25, 0.3) is 0 Å². The molecule has 0 N–H and O–H groups in total. The first-order chi connectivity index (χ1) is 9.69. The van der Waals surface area contributed by atoms with Gasteiger partial charge in [0.1, 0.15) is 5.60 Å². The highest BCUT2D eigenvalue weighted by molar-refractivity contribution is 5.86. The molecule has 0 atom stereocenters. The molecule has 1 aliphatic heterocycles. The van der Waals surface area contributed by atoms with Crippen molar-refractivity contribution in [3.8, 4) is 0 Å². The number of ether oxygens (including phenoxy) is 1. The van der Waals surface area contributed by atoms with Crippen LogP contribution in [0.25, 0.3) is 0 Å². The maximum atomic E-state index is 11.9. The summed E-state index contributed by atoms with van der Waals surface area (Å²) in [7, 11) is 1.59. The molecule has 0 aliphatic carbocycles. The summed E-state index contributed by atoms with van der Waals surface area (Å²) in [5.74, 6) is -0.635. The van der Waals surface area contributed by atoms with Gasteiger partial charge in [-0.2, -0.15) is 0 Å². The lowest BCUT2D eigenvalue weighted by atomic mass is 10.2. The molecule has 6 heteroatoms. The van der Waals surface area contributed by atoms with Crippen molar-refractivity contribution in [3.63, 3.8) is 0 Å². The number of likely N-dealkylation sites (tertiary alicyclic amines) is 1. The largest absolute Gasteiger partial charge is 0.460 e. The van der Waals surface area contributed by atoms with Crippen molar-refractivity contribution < 1.29 is 19.1 Å². The van der Waals surface area contributed by atoms with Crippen LogP contribution in [0.5, 0.6) is 0 Å². The molecule has 0 spiro atoms. The first-order valence-electron chi connectivity index (χ1n) is 7.42. The fourth-order valence-electron chi connectivity index (χ4n) is 2.15. The van der Waals surface area contributed by atoms with Crippen LogP contribution in [0.2, 0.25) is 0 Å². The van der Waals surface area contributed by atoms with E-state index in [1.54, 1.807) is 32.7 Å². The van der Waals surface area contributed by atoms with Crippen molar-refractivity contribution in [2.45, 2.75) is 52.1 Å². The highest BCUT2D eigenvalue weighted by Gasteiger charge is 2.22. The van der Waals surface area contributed by atoms with E-state index in [4.69, 9.17) is 4.74 Å². The van der Waals surface area contributed by atoms with Crippen LogP contribution in [0, 0.1) is 0 Å². The zero-order valence-electron chi connectivity index (χ0n) is 13.5. The third-order valence-electron chi connectivity index (χ3n) is 3.22. The van der Waals surface area contributed by atoms with E-state index in [1.807, 2.05) is 0 Å². The molecular formula is C15H26N2O4. The van der Waals surface area contributed by atoms with Crippen molar-refractivity contribution in [1.82, 2.24) is 9.80 Å². The predicted molar refractivity (Wildman–Crippen MR) is 78.5 cm³/mol. The van der Waals surface area contributed by atoms with Crippen molar-refractivity contribution in [2.75, 3.05) is 26.7 Å². The van der Waals surface area contributed by atoms with Gasteiger partial charge in [-0.05, 0) is 33.6 Å². The van der Waals surface area contributed by atoms with Crippen LogP contribution < -0.4 is 0 Å². The highest BCUT2D eigenvalue weighted by Crippen LogP contribution is 2.10. The standard InChI is InChI=1S/C15H26N2O4/c1-15(2,3)21-14(20)8-7-12(18)16(4)11-13(19)17-9-5-6-10-17/h5-11H2,1-4H3. The number of carbonyl (C=O) groups is 3. The predicted octanol–water partition coefficient (Wildman–Crippen LogP) is 1.19. The van der Waals surface area contributed by atoms with E-state index in [0.717, 1.165) is 25.9 Å². The molecule has 0 bridgehead atoms. The van der Waals surface area contributed by atoms with Crippen LogP contribution in [0.1, 0.15) is 46.5 Å². The van der Waals surface area contributed by atoms with E-state index in [1.165, 1.54) is 4.90 Å². The molecule has 0 saturated carbocycles. The van der Waals surface area contributed by atoms with Gasteiger partial charge in [-0.15, -0.1) is 0 Å². The number of carbonyl (C=O) groups excluding carboxylic acids is 3. The van der Waals surface area contributed by atoms with Crippen molar-refractivity contribution in [3.05, 3.63) is 0 Å². The number of esters is 1. The summed E-state index contributed by atoms with van der Waals surface area (Å²) in [4.78, 5) is 38.5. The minimum Gasteiger partial charge on any atom is -0.460 e. The Labute approximate surface area is 126 Å². The average molecular weight is 298 g/mol. The molecule has 0 aromatic rings. The minimum atomic E-state index is -0.544. The molecule has 0 radical (unpaired) electrons. The number of likely N-dealkylation sites (N-methyl/N-ethyl adjacent to an activating group) is 1. The molecule has 0 aromatic carbocycles. The Bertz CT molecular complexity index is 395. The Kier molecular flexibility index (Phi) is 6.18. The summed E-state index contributed by atoms with van der Waals surface area (Å²) in [5, 5.41) is 0. The molecule has 0 aromatic heterocycles. The number of rotatable bonds is 5. The minimum absolute atomic E-state index is 0.0272. The van der Waals surface area contributed by atoms with Gasteiger partial charge in [0, 0.05) is 26.6 Å². The van der Waals surface area contributed by atoms with E-state index in [-0.39, 0.29) is 31.2 Å². The van der Waals surface area contributed by atoms with E-state index in [9.17, 15) is 14.4 Å². The van der Waals surface area contributed by atoms with E-state index in [0.29, 0.717) is 0 Å². The van der Waals surface area contributed by atoms with Crippen molar-refractivity contribution in [1.29, 1.82) is 0 Å². The van der Waals surface area contributed by atoms with Crippen LogP contribution in [-0.4, -0.2) is 59.9 Å². The topological polar surface area (TPSA) is 66.9 Å². The van der Waals surface area contributed by atoms with Gasteiger partial charge in [-0.25, -0.2) is 0 Å². The zero-order chi connectivity index (χ0) is 16.0. The molecule has 2 amide bonds. The quantitative estimate of drug-likeness (QED) is 0.715. The lowest BCUT2D eigenvalue weighted by Gasteiger charge is -2.22. The number of nitrogens with zero attached hydrogens (tertiary/aromatic N) is 2. The van der Waals surface area contributed by atoms with E-state index >= 15 is 0 Å². The molecule has 21 heavy (non-hydrogen) atoms. The Balaban J connectivity index is 2.30. The Morgan fingerprint density at radius 1 is 1.10 bits per heavy atom. The number of hydrogen-bond acceptors (Lipinski definition) is 4. The maximum absolute atomic E-state index is 11.9. The molecule has 1 saturated heterocycles. The normalized spacial score (nSPS) is 15.0. The second-order valence-electron chi connectivity index (χ2n) is 6.42. The second kappa shape index (κ2) is 7.43. The van der Waals surface area contributed by atoms with Gasteiger partial charge >= 0.3 is 5.97 Å². The van der Waals surface area contributed by atoms with Crippen LogP contribution in [0.15, 0.2) is 0 Å². The summed E-state index contributed by atoms with van der Waals surface area (Å²) in [6.07, 6.45) is 2.17. The SMILES string of the molecule is CN(CC(=O)N1CCCC1)C(=O)CCC(=O)OC(C)(C)C. The van der Waals surface area contributed by atoms with Crippen LogP contribution in [-0.2, 0) is 19.1 Å². The van der Waals surface area contributed by atoms with Crippen molar-refractivity contribution >= 4 is 17.8 Å². The van der Waals surface area contributed by atoms with Crippen molar-refractivity contribution in [2.24, 2.45) is 0 Å². The lowest BCUT2D eigenvalue weighted by Crippen LogP contribution is -2.40. The molecule has 1 rings (SSSR count). The smallest absolute Gasteiger partial charge is 0.306 e. The van der Waals surface area contributed by atoms with Crippen LogP contribution in [0.3, 0.4) is 0 Å². The Hall–Kier alpha value is -1.59. The third kappa shape index (κ3) is 6.60.